The molecule has 2 bridgehead atoms. The lowest BCUT2D eigenvalue weighted by Gasteiger charge is -2.40. The molecule has 3 amide bonds. The Morgan fingerprint density at radius 2 is 1.80 bits per heavy atom. The number of hydrogen-bond donors (Lipinski definition) is 2. The lowest BCUT2D eigenvalue weighted by atomic mass is 9.84. The van der Waals surface area contributed by atoms with Gasteiger partial charge in [0, 0.05) is 43.8 Å². The molecule has 35 heavy (non-hydrogen) atoms. The molecule has 1 aromatic carbocycles. The maximum absolute atomic E-state index is 13.1. The van der Waals surface area contributed by atoms with Crippen molar-refractivity contribution in [1.82, 2.24) is 15.1 Å². The van der Waals surface area contributed by atoms with E-state index in [0.717, 1.165) is 45.4 Å². The van der Waals surface area contributed by atoms with E-state index >= 15 is 0 Å². The highest BCUT2D eigenvalue weighted by Crippen LogP contribution is 2.43. The minimum atomic E-state index is -0.349. The van der Waals surface area contributed by atoms with Crippen LogP contribution in [0.3, 0.4) is 0 Å². The molecule has 3 aliphatic rings. The molecule has 2 heterocycles. The lowest BCUT2D eigenvalue weighted by Crippen LogP contribution is -2.50. The third-order valence-electron chi connectivity index (χ3n) is 8.70. The van der Waals surface area contributed by atoms with Crippen LogP contribution in [0.25, 0.3) is 0 Å². The number of urea groups is 1. The van der Waals surface area contributed by atoms with Crippen molar-refractivity contribution in [2.24, 2.45) is 11.7 Å². The Morgan fingerprint density at radius 1 is 1.06 bits per heavy atom. The molecule has 2 atom stereocenters. The minimum absolute atomic E-state index is 0.136. The number of nitrogens with one attached hydrogen (secondary N) is 1. The van der Waals surface area contributed by atoms with Crippen LogP contribution in [0.5, 0.6) is 0 Å². The molecule has 1 aromatic rings. The summed E-state index contributed by atoms with van der Waals surface area (Å²) in [6.45, 7) is 5.69. The summed E-state index contributed by atoms with van der Waals surface area (Å²) < 4.78 is 0. The van der Waals surface area contributed by atoms with Crippen molar-refractivity contribution in [3.63, 3.8) is 0 Å². The summed E-state index contributed by atoms with van der Waals surface area (Å²) in [6.07, 6.45) is 14.6. The summed E-state index contributed by atoms with van der Waals surface area (Å²) in [5.41, 5.74) is 7.39. The number of nitrogens with two attached hydrogens (primary N) is 1. The van der Waals surface area contributed by atoms with E-state index in [1.807, 2.05) is 18.2 Å². The van der Waals surface area contributed by atoms with Gasteiger partial charge in [-0.3, -0.25) is 9.69 Å². The highest BCUT2D eigenvalue weighted by atomic mass is 16.2. The van der Waals surface area contributed by atoms with Crippen LogP contribution >= 0.6 is 0 Å². The van der Waals surface area contributed by atoms with E-state index < -0.39 is 0 Å². The third-order valence-corrected chi connectivity index (χ3v) is 8.70. The Balaban J connectivity index is 1.34. The first-order valence-corrected chi connectivity index (χ1v) is 14.2. The highest BCUT2D eigenvalue weighted by Gasteiger charge is 2.41. The van der Waals surface area contributed by atoms with Crippen LogP contribution in [-0.2, 0) is 0 Å². The number of carbonyl (C=O) groups is 2. The van der Waals surface area contributed by atoms with Crippen molar-refractivity contribution in [3.8, 4) is 0 Å². The third kappa shape index (κ3) is 6.99. The van der Waals surface area contributed by atoms with Crippen molar-refractivity contribution in [2.75, 3.05) is 26.2 Å². The van der Waals surface area contributed by atoms with Crippen molar-refractivity contribution in [2.45, 2.75) is 102 Å². The van der Waals surface area contributed by atoms with Gasteiger partial charge in [-0.05, 0) is 74.5 Å². The summed E-state index contributed by atoms with van der Waals surface area (Å²) in [5, 5.41) is 3.21. The molecule has 2 saturated heterocycles. The van der Waals surface area contributed by atoms with E-state index in [2.05, 4.69) is 28.1 Å². The second-order valence-electron chi connectivity index (χ2n) is 11.2. The molecule has 3 N–H and O–H groups in total. The Bertz CT molecular complexity index is 824. The summed E-state index contributed by atoms with van der Waals surface area (Å²) in [6, 6.07) is 9.20. The molecule has 4 rings (SSSR count). The van der Waals surface area contributed by atoms with Gasteiger partial charge in [0.2, 0.25) is 5.91 Å². The fourth-order valence-corrected chi connectivity index (χ4v) is 6.73. The molecular formula is C29H46N4O2. The quantitative estimate of drug-likeness (QED) is 0.421. The predicted octanol–water partition coefficient (Wildman–Crippen LogP) is 5.28. The van der Waals surface area contributed by atoms with Gasteiger partial charge in [0.25, 0.3) is 0 Å². The number of benzene rings is 1. The first-order valence-electron chi connectivity index (χ1n) is 14.2. The van der Waals surface area contributed by atoms with Crippen LogP contribution < -0.4 is 11.1 Å². The molecule has 0 radical (unpaired) electrons. The number of fused-ring (bicyclic) bond motifs is 2. The molecule has 2 unspecified atom stereocenters. The van der Waals surface area contributed by atoms with Crippen molar-refractivity contribution in [1.29, 1.82) is 0 Å². The summed E-state index contributed by atoms with van der Waals surface area (Å²) in [7, 11) is 0. The van der Waals surface area contributed by atoms with Gasteiger partial charge in [-0.1, -0.05) is 51.2 Å². The molecular weight excluding hydrogens is 436 g/mol. The second-order valence-corrected chi connectivity index (χ2v) is 11.2. The fourth-order valence-electron chi connectivity index (χ4n) is 6.73. The zero-order valence-corrected chi connectivity index (χ0v) is 21.7. The van der Waals surface area contributed by atoms with Gasteiger partial charge in [-0.15, -0.1) is 0 Å². The number of rotatable bonds is 11. The van der Waals surface area contributed by atoms with E-state index in [-0.39, 0.29) is 11.9 Å². The van der Waals surface area contributed by atoms with Crippen LogP contribution in [0.4, 0.5) is 4.79 Å². The molecule has 1 saturated carbocycles. The van der Waals surface area contributed by atoms with E-state index in [0.29, 0.717) is 29.5 Å². The minimum Gasteiger partial charge on any atom is -0.366 e. The molecule has 3 fully saturated rings. The van der Waals surface area contributed by atoms with Gasteiger partial charge in [-0.25, -0.2) is 4.79 Å². The first kappa shape index (κ1) is 26.0. The van der Waals surface area contributed by atoms with E-state index in [1.54, 1.807) is 0 Å². The molecule has 0 aromatic heterocycles. The maximum Gasteiger partial charge on any atom is 0.317 e. The van der Waals surface area contributed by atoms with Crippen LogP contribution in [0.15, 0.2) is 24.3 Å². The van der Waals surface area contributed by atoms with Crippen LogP contribution in [0, 0.1) is 5.92 Å². The molecule has 6 heteroatoms. The van der Waals surface area contributed by atoms with Gasteiger partial charge in [0.15, 0.2) is 0 Å². The molecule has 0 spiro atoms. The Morgan fingerprint density at radius 3 is 2.49 bits per heavy atom. The average Bonchev–Trinajstić information content (AvgIpc) is 3.11. The summed E-state index contributed by atoms with van der Waals surface area (Å²) >= 11 is 0. The number of piperidine rings is 1. The van der Waals surface area contributed by atoms with Gasteiger partial charge >= 0.3 is 6.03 Å². The van der Waals surface area contributed by atoms with E-state index in [9.17, 15) is 9.59 Å². The topological polar surface area (TPSA) is 78.7 Å². The van der Waals surface area contributed by atoms with Crippen molar-refractivity contribution < 1.29 is 9.59 Å². The standard InChI is InChI=1S/C29H46N4O2/c1-2-3-7-15-31-29(35)32(21-22-9-5-4-6-10-22)16-17-33-26-13-14-27(33)20-25(19-26)23-11-8-12-24(18-23)28(30)34/h8,11-12,18,22,25-27H,2-7,9-10,13-17,19-21H2,1H3,(H2,30,34)(H,31,35). The summed E-state index contributed by atoms with van der Waals surface area (Å²) in [4.78, 5) is 29.6. The van der Waals surface area contributed by atoms with Crippen LogP contribution in [0.2, 0.25) is 0 Å². The van der Waals surface area contributed by atoms with Gasteiger partial charge in [-0.2, -0.15) is 0 Å². The number of carbonyl (C=O) groups excluding carboxylic acids is 2. The molecule has 6 nitrogen and oxygen atoms in total. The first-order chi connectivity index (χ1) is 17.0. The van der Waals surface area contributed by atoms with E-state index in [1.165, 1.54) is 63.4 Å². The van der Waals surface area contributed by atoms with Crippen molar-refractivity contribution >= 4 is 11.9 Å². The SMILES string of the molecule is CCCCCNC(=O)N(CCN1C2CCC1CC(c1cccc(C(N)=O)c1)C2)CC1CCCCC1. The normalized spacial score (nSPS) is 24.9. The fraction of sp³-hybridized carbons (Fsp3) is 0.724. The van der Waals surface area contributed by atoms with E-state index in [4.69, 9.17) is 5.73 Å². The van der Waals surface area contributed by atoms with Gasteiger partial charge in [0.05, 0.1) is 0 Å². The van der Waals surface area contributed by atoms with Crippen LogP contribution in [0.1, 0.15) is 106 Å². The van der Waals surface area contributed by atoms with Gasteiger partial charge < -0.3 is 16.0 Å². The Labute approximate surface area is 212 Å². The number of amides is 3. The Hall–Kier alpha value is -2.08. The average molecular weight is 483 g/mol. The number of nitrogens with zero attached hydrogens (tertiary/aromatic N) is 2. The van der Waals surface area contributed by atoms with Crippen molar-refractivity contribution in [3.05, 3.63) is 35.4 Å². The zero-order chi connectivity index (χ0) is 24.6. The largest absolute Gasteiger partial charge is 0.366 e. The monoisotopic (exact) mass is 482 g/mol. The number of hydrogen-bond acceptors (Lipinski definition) is 3. The highest BCUT2D eigenvalue weighted by molar-refractivity contribution is 5.92. The second kappa shape index (κ2) is 12.8. The van der Waals surface area contributed by atoms with Crippen LogP contribution in [-0.4, -0.2) is 60.0 Å². The Kier molecular flexibility index (Phi) is 9.47. The summed E-state index contributed by atoms with van der Waals surface area (Å²) in [5.74, 6) is 0.798. The number of unbranched alkanes of at least 4 members (excludes halogenated alkanes) is 2. The number of primary amides is 1. The smallest absolute Gasteiger partial charge is 0.317 e. The predicted molar refractivity (Wildman–Crippen MR) is 142 cm³/mol. The zero-order valence-electron chi connectivity index (χ0n) is 21.7. The van der Waals surface area contributed by atoms with Gasteiger partial charge in [0.1, 0.15) is 0 Å². The molecule has 194 valence electrons. The lowest BCUT2D eigenvalue weighted by molar-refractivity contribution is 0.0998. The maximum atomic E-state index is 13.1. The molecule has 1 aliphatic carbocycles. The molecule has 2 aliphatic heterocycles.